The molecule has 42 heavy (non-hydrogen) atoms. The van der Waals surface area contributed by atoms with Crippen LogP contribution in [0.15, 0.2) is 60.7 Å². The second kappa shape index (κ2) is 12.3. The number of hydrogen-bond acceptors (Lipinski definition) is 3. The lowest BCUT2D eigenvalue weighted by Gasteiger charge is -2.30. The molecule has 0 bridgehead atoms. The van der Waals surface area contributed by atoms with E-state index in [0.29, 0.717) is 23.4 Å². The number of amides is 3. The average molecular weight is 592 g/mol. The molecule has 12 heteroatoms. The van der Waals surface area contributed by atoms with Crippen molar-refractivity contribution < 1.29 is 40.7 Å². The highest BCUT2D eigenvalue weighted by atomic mass is 19.4. The van der Waals surface area contributed by atoms with Crippen LogP contribution in [0.1, 0.15) is 47.3 Å². The maximum absolute atomic E-state index is 14.5. The molecule has 3 aromatic rings. The average Bonchev–Trinajstić information content (AvgIpc) is 3.04. The van der Waals surface area contributed by atoms with E-state index < -0.39 is 71.0 Å². The van der Waals surface area contributed by atoms with Gasteiger partial charge in [0.25, 0.3) is 5.91 Å². The van der Waals surface area contributed by atoms with Crippen LogP contribution in [0.4, 0.5) is 32.0 Å². The molecular formula is C30H27F6N3O3. The maximum Gasteiger partial charge on any atom is 0.417 e. The highest BCUT2D eigenvalue weighted by molar-refractivity contribution is 6.03. The molecule has 1 aliphatic rings. The first kappa shape index (κ1) is 30.6. The summed E-state index contributed by atoms with van der Waals surface area (Å²) in [5.74, 6) is -5.27. The minimum atomic E-state index is -5.08. The van der Waals surface area contributed by atoms with Gasteiger partial charge in [-0.2, -0.15) is 13.2 Å². The zero-order valence-electron chi connectivity index (χ0n) is 22.6. The van der Waals surface area contributed by atoms with E-state index in [0.717, 1.165) is 6.07 Å². The molecule has 1 heterocycles. The Morgan fingerprint density at radius 1 is 0.976 bits per heavy atom. The fourth-order valence-corrected chi connectivity index (χ4v) is 4.92. The summed E-state index contributed by atoms with van der Waals surface area (Å²) in [6, 6.07) is 7.61. The Balaban J connectivity index is 1.64. The van der Waals surface area contributed by atoms with E-state index in [1.54, 1.807) is 13.8 Å². The molecule has 1 aliphatic heterocycles. The Bertz CT molecular complexity index is 1510. The number of halogens is 6. The van der Waals surface area contributed by atoms with Crippen molar-refractivity contribution in [3.8, 4) is 0 Å². The minimum Gasteiger partial charge on any atom is -0.342 e. The monoisotopic (exact) mass is 591 g/mol. The standard InChI is InChI=1S/C30H27F6N3O3/c1-16(2)39-26-12-9-19(31)13-18(26)7-11-24(29(39)42)37-28(41)25(14-17-5-3-4-6-23(17)33)38-27(40)21-10-8-20(32)15-22(21)30(34,35)36/h3-6,8-10,12-13,15-16,24-25H,7,11,14H2,1-2H3,(H,37,41)(H,38,40). The van der Waals surface area contributed by atoms with Crippen LogP contribution in [0, 0.1) is 17.5 Å². The molecule has 0 saturated heterocycles. The van der Waals surface area contributed by atoms with E-state index in [4.69, 9.17) is 0 Å². The van der Waals surface area contributed by atoms with E-state index in [-0.39, 0.29) is 30.5 Å². The van der Waals surface area contributed by atoms with Crippen molar-refractivity contribution in [2.45, 2.75) is 57.4 Å². The summed E-state index contributed by atoms with van der Waals surface area (Å²) in [6.45, 7) is 3.47. The van der Waals surface area contributed by atoms with Gasteiger partial charge in [0.1, 0.15) is 29.5 Å². The number of nitrogens with zero attached hydrogens (tertiary/aromatic N) is 1. The van der Waals surface area contributed by atoms with Crippen LogP contribution in [0.5, 0.6) is 0 Å². The maximum atomic E-state index is 14.5. The van der Waals surface area contributed by atoms with Crippen molar-refractivity contribution in [3.63, 3.8) is 0 Å². The first-order chi connectivity index (χ1) is 19.8. The van der Waals surface area contributed by atoms with Gasteiger partial charge < -0.3 is 15.5 Å². The minimum absolute atomic E-state index is 0.0213. The molecule has 0 aromatic heterocycles. The van der Waals surface area contributed by atoms with Gasteiger partial charge in [-0.25, -0.2) is 13.2 Å². The number of carbonyl (C=O) groups is 3. The van der Waals surface area contributed by atoms with Crippen molar-refractivity contribution in [1.82, 2.24) is 10.6 Å². The van der Waals surface area contributed by atoms with Crippen LogP contribution in [-0.2, 0) is 28.6 Å². The molecule has 4 rings (SSSR count). The summed E-state index contributed by atoms with van der Waals surface area (Å²) < 4.78 is 82.8. The summed E-state index contributed by atoms with van der Waals surface area (Å²) in [5.41, 5.74) is -1.50. The van der Waals surface area contributed by atoms with Crippen LogP contribution in [0.25, 0.3) is 0 Å². The molecule has 6 nitrogen and oxygen atoms in total. The second-order valence-electron chi connectivity index (χ2n) is 10.2. The zero-order chi connectivity index (χ0) is 30.8. The van der Waals surface area contributed by atoms with E-state index >= 15 is 0 Å². The largest absolute Gasteiger partial charge is 0.417 e. The summed E-state index contributed by atoms with van der Waals surface area (Å²) in [5, 5.41) is 4.76. The van der Waals surface area contributed by atoms with Crippen molar-refractivity contribution in [1.29, 1.82) is 0 Å². The summed E-state index contributed by atoms with van der Waals surface area (Å²) in [7, 11) is 0. The van der Waals surface area contributed by atoms with Crippen LogP contribution >= 0.6 is 0 Å². The van der Waals surface area contributed by atoms with Gasteiger partial charge in [-0.3, -0.25) is 14.4 Å². The normalized spacial score (nSPS) is 16.1. The Labute approximate surface area is 237 Å². The second-order valence-corrected chi connectivity index (χ2v) is 10.2. The van der Waals surface area contributed by atoms with E-state index in [9.17, 15) is 40.7 Å². The fraction of sp³-hybridized carbons (Fsp3) is 0.300. The molecule has 222 valence electrons. The number of rotatable bonds is 7. The fourth-order valence-electron chi connectivity index (χ4n) is 4.92. The van der Waals surface area contributed by atoms with Crippen molar-refractivity contribution in [2.75, 3.05) is 4.90 Å². The third-order valence-electron chi connectivity index (χ3n) is 6.91. The number of fused-ring (bicyclic) bond motifs is 1. The number of benzene rings is 3. The predicted octanol–water partition coefficient (Wildman–Crippen LogP) is 5.34. The van der Waals surface area contributed by atoms with Gasteiger partial charge in [-0.1, -0.05) is 18.2 Å². The zero-order valence-corrected chi connectivity index (χ0v) is 22.6. The summed E-state index contributed by atoms with van der Waals surface area (Å²) >= 11 is 0. The smallest absolute Gasteiger partial charge is 0.342 e. The molecule has 0 radical (unpaired) electrons. The first-order valence-corrected chi connectivity index (χ1v) is 13.1. The lowest BCUT2D eigenvalue weighted by molar-refractivity contribution is -0.138. The molecule has 0 fully saturated rings. The topological polar surface area (TPSA) is 78.5 Å². The molecule has 0 spiro atoms. The Morgan fingerprint density at radius 2 is 1.64 bits per heavy atom. The van der Waals surface area contributed by atoms with Gasteiger partial charge in [0.05, 0.1) is 11.1 Å². The van der Waals surface area contributed by atoms with Gasteiger partial charge in [-0.05, 0) is 80.3 Å². The number of carbonyl (C=O) groups excluding carboxylic acids is 3. The SMILES string of the molecule is CC(C)N1C(=O)C(NC(=O)C(Cc2ccccc2F)NC(=O)c2ccc(F)cc2C(F)(F)F)CCc2cc(F)ccc21. The Kier molecular flexibility index (Phi) is 8.93. The highest BCUT2D eigenvalue weighted by Gasteiger charge is 2.38. The Morgan fingerprint density at radius 3 is 2.31 bits per heavy atom. The number of alkyl halides is 3. The number of aryl methyl sites for hydroxylation is 1. The molecular weight excluding hydrogens is 564 g/mol. The predicted molar refractivity (Wildman–Crippen MR) is 142 cm³/mol. The quantitative estimate of drug-likeness (QED) is 0.365. The van der Waals surface area contributed by atoms with Gasteiger partial charge in [0.15, 0.2) is 0 Å². The van der Waals surface area contributed by atoms with Gasteiger partial charge >= 0.3 is 6.18 Å². The molecule has 2 atom stereocenters. The molecule has 0 aliphatic carbocycles. The van der Waals surface area contributed by atoms with Crippen molar-refractivity contribution >= 4 is 23.4 Å². The van der Waals surface area contributed by atoms with Crippen LogP contribution in [0.3, 0.4) is 0 Å². The Hall–Kier alpha value is -4.35. The third-order valence-corrected chi connectivity index (χ3v) is 6.91. The lowest BCUT2D eigenvalue weighted by Crippen LogP contribution is -2.55. The molecule has 3 amide bonds. The van der Waals surface area contributed by atoms with E-state index in [1.807, 2.05) is 0 Å². The van der Waals surface area contributed by atoms with Gasteiger partial charge in [0, 0.05) is 18.2 Å². The summed E-state index contributed by atoms with van der Waals surface area (Å²) in [6.07, 6.45) is -5.28. The van der Waals surface area contributed by atoms with Crippen LogP contribution in [0.2, 0.25) is 0 Å². The van der Waals surface area contributed by atoms with Gasteiger partial charge in [0.2, 0.25) is 11.8 Å². The summed E-state index contributed by atoms with van der Waals surface area (Å²) in [4.78, 5) is 41.5. The van der Waals surface area contributed by atoms with E-state index in [1.165, 1.54) is 41.3 Å². The molecule has 2 N–H and O–H groups in total. The molecule has 3 aromatic carbocycles. The highest BCUT2D eigenvalue weighted by Crippen LogP contribution is 2.33. The van der Waals surface area contributed by atoms with Crippen molar-refractivity contribution in [2.24, 2.45) is 0 Å². The molecule has 0 saturated carbocycles. The first-order valence-electron chi connectivity index (χ1n) is 13.1. The van der Waals surface area contributed by atoms with Gasteiger partial charge in [-0.15, -0.1) is 0 Å². The van der Waals surface area contributed by atoms with Crippen LogP contribution < -0.4 is 15.5 Å². The van der Waals surface area contributed by atoms with Crippen LogP contribution in [-0.4, -0.2) is 35.8 Å². The van der Waals surface area contributed by atoms with E-state index in [2.05, 4.69) is 10.6 Å². The number of hydrogen-bond donors (Lipinski definition) is 2. The lowest BCUT2D eigenvalue weighted by atomic mass is 10.0. The number of nitrogens with one attached hydrogen (secondary N) is 2. The molecule has 2 unspecified atom stereocenters. The third kappa shape index (κ3) is 6.75. The number of anilines is 1. The van der Waals surface area contributed by atoms with Crippen molar-refractivity contribution in [3.05, 3.63) is 100 Å².